The smallest absolute Gasteiger partial charge is 0.230 e. The highest BCUT2D eigenvalue weighted by Gasteiger charge is 2.34. The molecule has 0 heterocycles. The van der Waals surface area contributed by atoms with Crippen LogP contribution in [-0.2, 0) is 11.2 Å². The molecule has 0 spiro atoms. The molecule has 1 aromatic rings. The van der Waals surface area contributed by atoms with Gasteiger partial charge in [0.25, 0.3) is 0 Å². The minimum absolute atomic E-state index is 0.0661. The van der Waals surface area contributed by atoms with Crippen LogP contribution in [0.4, 0.5) is 0 Å². The van der Waals surface area contributed by atoms with Gasteiger partial charge in [0.05, 0.1) is 5.92 Å². The standard InChI is InChI=1S/C14H20N2O/c1-10(7-8-15)16(2)14(17)13-9-11-5-3-4-6-12(11)13/h3-6,10,13H,7-9,15H2,1-2H3. The first kappa shape index (κ1) is 12.1. The number of amides is 1. The second-order valence-corrected chi connectivity index (χ2v) is 4.83. The number of hydrogen-bond donors (Lipinski definition) is 1. The lowest BCUT2D eigenvalue weighted by Crippen LogP contribution is -2.42. The Morgan fingerprint density at radius 2 is 2.24 bits per heavy atom. The Kier molecular flexibility index (Phi) is 3.48. The van der Waals surface area contributed by atoms with E-state index in [2.05, 4.69) is 19.1 Å². The van der Waals surface area contributed by atoms with Gasteiger partial charge in [0.2, 0.25) is 5.91 Å². The van der Waals surface area contributed by atoms with E-state index in [1.807, 2.05) is 24.1 Å². The van der Waals surface area contributed by atoms with Crippen molar-refractivity contribution in [2.24, 2.45) is 5.73 Å². The van der Waals surface area contributed by atoms with Crippen LogP contribution in [0.2, 0.25) is 0 Å². The Bertz CT molecular complexity index is 416. The van der Waals surface area contributed by atoms with Crippen LogP contribution >= 0.6 is 0 Å². The fourth-order valence-electron chi connectivity index (χ4n) is 2.38. The molecule has 3 heteroatoms. The molecule has 1 aromatic carbocycles. The Labute approximate surface area is 103 Å². The van der Waals surface area contributed by atoms with Crippen LogP contribution in [-0.4, -0.2) is 30.4 Å². The second-order valence-electron chi connectivity index (χ2n) is 4.83. The Morgan fingerprint density at radius 3 is 2.88 bits per heavy atom. The zero-order chi connectivity index (χ0) is 12.4. The lowest BCUT2D eigenvalue weighted by atomic mass is 9.76. The van der Waals surface area contributed by atoms with E-state index in [0.29, 0.717) is 6.54 Å². The van der Waals surface area contributed by atoms with Crippen molar-refractivity contribution in [3.05, 3.63) is 35.4 Å². The largest absolute Gasteiger partial charge is 0.342 e. The summed E-state index contributed by atoms with van der Waals surface area (Å²) in [6, 6.07) is 8.41. The van der Waals surface area contributed by atoms with Crippen LogP contribution in [0.5, 0.6) is 0 Å². The predicted molar refractivity (Wildman–Crippen MR) is 68.8 cm³/mol. The Morgan fingerprint density at radius 1 is 1.53 bits per heavy atom. The highest BCUT2D eigenvalue weighted by Crippen LogP contribution is 2.36. The highest BCUT2D eigenvalue weighted by atomic mass is 16.2. The first-order valence-electron chi connectivity index (χ1n) is 6.19. The predicted octanol–water partition coefficient (Wildman–Crippen LogP) is 1.52. The lowest BCUT2D eigenvalue weighted by Gasteiger charge is -2.34. The molecule has 0 fully saturated rings. The van der Waals surface area contributed by atoms with E-state index in [4.69, 9.17) is 5.73 Å². The molecule has 1 aliphatic rings. The van der Waals surface area contributed by atoms with E-state index in [-0.39, 0.29) is 17.9 Å². The molecule has 0 radical (unpaired) electrons. The van der Waals surface area contributed by atoms with Crippen molar-refractivity contribution in [3.8, 4) is 0 Å². The fraction of sp³-hybridized carbons (Fsp3) is 0.500. The van der Waals surface area contributed by atoms with Gasteiger partial charge in [-0.25, -0.2) is 0 Å². The maximum absolute atomic E-state index is 12.3. The molecule has 0 bridgehead atoms. The second kappa shape index (κ2) is 4.88. The summed E-state index contributed by atoms with van der Waals surface area (Å²) >= 11 is 0. The summed E-state index contributed by atoms with van der Waals surface area (Å²) < 4.78 is 0. The summed E-state index contributed by atoms with van der Waals surface area (Å²) in [6.45, 7) is 2.68. The first-order valence-corrected chi connectivity index (χ1v) is 6.19. The number of fused-ring (bicyclic) bond motifs is 1. The van der Waals surface area contributed by atoms with Crippen LogP contribution in [0.25, 0.3) is 0 Å². The SMILES string of the molecule is CC(CCN)N(C)C(=O)C1Cc2ccccc21. The van der Waals surface area contributed by atoms with Crippen molar-refractivity contribution in [2.75, 3.05) is 13.6 Å². The van der Waals surface area contributed by atoms with Gasteiger partial charge in [-0.15, -0.1) is 0 Å². The number of nitrogens with zero attached hydrogens (tertiary/aromatic N) is 1. The molecule has 0 aliphatic heterocycles. The van der Waals surface area contributed by atoms with Gasteiger partial charge in [0, 0.05) is 13.1 Å². The van der Waals surface area contributed by atoms with Gasteiger partial charge in [-0.05, 0) is 37.4 Å². The maximum atomic E-state index is 12.3. The summed E-state index contributed by atoms with van der Waals surface area (Å²) in [7, 11) is 1.88. The molecule has 0 saturated heterocycles. The van der Waals surface area contributed by atoms with Crippen molar-refractivity contribution in [1.29, 1.82) is 0 Å². The third-order valence-corrected chi connectivity index (χ3v) is 3.75. The molecule has 17 heavy (non-hydrogen) atoms. The zero-order valence-electron chi connectivity index (χ0n) is 10.5. The normalized spacial score (nSPS) is 19.1. The van der Waals surface area contributed by atoms with Gasteiger partial charge in [0.1, 0.15) is 0 Å². The number of hydrogen-bond acceptors (Lipinski definition) is 2. The molecule has 2 rings (SSSR count). The minimum Gasteiger partial charge on any atom is -0.342 e. The van der Waals surface area contributed by atoms with Crippen molar-refractivity contribution >= 4 is 5.91 Å². The highest BCUT2D eigenvalue weighted by molar-refractivity contribution is 5.86. The molecule has 2 N–H and O–H groups in total. The third kappa shape index (κ3) is 2.20. The quantitative estimate of drug-likeness (QED) is 0.855. The minimum atomic E-state index is 0.0661. The van der Waals surface area contributed by atoms with E-state index < -0.39 is 0 Å². The number of benzene rings is 1. The lowest BCUT2D eigenvalue weighted by molar-refractivity contribution is -0.133. The molecular weight excluding hydrogens is 212 g/mol. The topological polar surface area (TPSA) is 46.3 Å². The van der Waals surface area contributed by atoms with E-state index in [1.54, 1.807) is 0 Å². The van der Waals surface area contributed by atoms with Crippen molar-refractivity contribution in [1.82, 2.24) is 4.90 Å². The molecule has 0 saturated carbocycles. The average molecular weight is 232 g/mol. The molecule has 2 unspecified atom stereocenters. The molecular formula is C14H20N2O. The molecule has 3 nitrogen and oxygen atoms in total. The number of carbonyl (C=O) groups excluding carboxylic acids is 1. The summed E-state index contributed by atoms with van der Waals surface area (Å²) in [4.78, 5) is 14.1. The van der Waals surface area contributed by atoms with Crippen LogP contribution in [0.15, 0.2) is 24.3 Å². The van der Waals surface area contributed by atoms with E-state index >= 15 is 0 Å². The van der Waals surface area contributed by atoms with Gasteiger partial charge in [-0.3, -0.25) is 4.79 Å². The van der Waals surface area contributed by atoms with Crippen molar-refractivity contribution in [3.63, 3.8) is 0 Å². The van der Waals surface area contributed by atoms with Crippen LogP contribution in [0.3, 0.4) is 0 Å². The summed E-state index contributed by atoms with van der Waals surface area (Å²) in [5, 5.41) is 0. The monoisotopic (exact) mass is 232 g/mol. The third-order valence-electron chi connectivity index (χ3n) is 3.75. The molecule has 1 amide bonds. The summed E-state index contributed by atoms with van der Waals surface area (Å²) in [6.07, 6.45) is 1.74. The summed E-state index contributed by atoms with van der Waals surface area (Å²) in [5.74, 6) is 0.293. The van der Waals surface area contributed by atoms with E-state index in [1.165, 1.54) is 11.1 Å². The van der Waals surface area contributed by atoms with Crippen molar-refractivity contribution in [2.45, 2.75) is 31.7 Å². The van der Waals surface area contributed by atoms with E-state index in [9.17, 15) is 4.79 Å². The van der Waals surface area contributed by atoms with Gasteiger partial charge >= 0.3 is 0 Å². The molecule has 2 atom stereocenters. The number of rotatable bonds is 4. The molecule has 0 aromatic heterocycles. The van der Waals surface area contributed by atoms with Gasteiger partial charge in [0.15, 0.2) is 0 Å². The van der Waals surface area contributed by atoms with Crippen LogP contribution < -0.4 is 5.73 Å². The van der Waals surface area contributed by atoms with E-state index in [0.717, 1.165) is 12.8 Å². The number of likely N-dealkylation sites (N-methyl/N-ethyl adjacent to an activating group) is 1. The van der Waals surface area contributed by atoms with Crippen molar-refractivity contribution < 1.29 is 4.79 Å². The fourth-order valence-corrected chi connectivity index (χ4v) is 2.38. The molecule has 1 aliphatic carbocycles. The van der Waals surface area contributed by atoms with Gasteiger partial charge in [-0.1, -0.05) is 24.3 Å². The number of carbonyl (C=O) groups is 1. The average Bonchev–Trinajstić information content (AvgIpc) is 2.30. The van der Waals surface area contributed by atoms with Gasteiger partial charge in [-0.2, -0.15) is 0 Å². The Hall–Kier alpha value is -1.35. The van der Waals surface area contributed by atoms with Gasteiger partial charge < -0.3 is 10.6 Å². The molecule has 92 valence electrons. The van der Waals surface area contributed by atoms with Crippen LogP contribution in [0, 0.1) is 0 Å². The maximum Gasteiger partial charge on any atom is 0.230 e. The Balaban J connectivity index is 2.04. The first-order chi connectivity index (χ1) is 8.15. The summed E-state index contributed by atoms with van der Waals surface area (Å²) in [5.41, 5.74) is 8.04. The zero-order valence-corrected chi connectivity index (χ0v) is 10.5. The van der Waals surface area contributed by atoms with Crippen LogP contribution in [0.1, 0.15) is 30.4 Å². The number of nitrogens with two attached hydrogens (primary N) is 1.